The Labute approximate surface area is 178 Å². The van der Waals surface area contributed by atoms with Crippen molar-refractivity contribution in [2.24, 2.45) is 0 Å². The quantitative estimate of drug-likeness (QED) is 0.327. The lowest BCUT2D eigenvalue weighted by Gasteiger charge is -2.17. The number of nitrogens with one attached hydrogen (secondary N) is 3. The van der Waals surface area contributed by atoms with Gasteiger partial charge in [-0.2, -0.15) is 5.10 Å². The normalized spacial score (nSPS) is 13.0. The number of carbonyl (C=O) groups is 2. The van der Waals surface area contributed by atoms with Gasteiger partial charge in [0.15, 0.2) is 0 Å². The van der Waals surface area contributed by atoms with Crippen LogP contribution in [-0.2, 0) is 4.79 Å². The summed E-state index contributed by atoms with van der Waals surface area (Å²) in [5, 5.41) is 12.8. The van der Waals surface area contributed by atoms with E-state index in [4.69, 9.17) is 11.6 Å². The minimum atomic E-state index is -0.371. The van der Waals surface area contributed by atoms with Gasteiger partial charge in [0.05, 0.1) is 22.5 Å². The molecule has 1 aromatic heterocycles. The lowest BCUT2D eigenvalue weighted by molar-refractivity contribution is -0.112. The lowest BCUT2D eigenvalue weighted by Crippen LogP contribution is -2.35. The number of H-pyrrole nitrogens is 1. The van der Waals surface area contributed by atoms with Gasteiger partial charge < -0.3 is 10.6 Å². The van der Waals surface area contributed by atoms with Crippen molar-refractivity contribution in [3.05, 3.63) is 46.3 Å². The molecule has 2 amide bonds. The van der Waals surface area contributed by atoms with E-state index in [-0.39, 0.29) is 23.6 Å². The average Bonchev–Trinajstić information content (AvgIpc) is 3.14. The van der Waals surface area contributed by atoms with Crippen molar-refractivity contribution in [3.63, 3.8) is 0 Å². The van der Waals surface area contributed by atoms with Crippen LogP contribution in [0.1, 0.15) is 77.2 Å². The number of anilines is 1. The molecule has 0 fully saturated rings. The van der Waals surface area contributed by atoms with Gasteiger partial charge >= 0.3 is 0 Å². The first-order valence-corrected chi connectivity index (χ1v) is 10.6. The topological polar surface area (TPSA) is 86.9 Å². The minimum absolute atomic E-state index is 0.0975. The molecule has 0 saturated carbocycles. The van der Waals surface area contributed by atoms with Gasteiger partial charge in [0.25, 0.3) is 11.8 Å². The van der Waals surface area contributed by atoms with Crippen molar-refractivity contribution in [1.82, 2.24) is 15.5 Å². The zero-order valence-corrected chi connectivity index (χ0v) is 18.8. The highest BCUT2D eigenvalue weighted by molar-refractivity contribution is 6.36. The van der Waals surface area contributed by atoms with E-state index < -0.39 is 0 Å². The maximum Gasteiger partial charge on any atom is 0.271 e. The predicted octanol–water partition coefficient (Wildman–Crippen LogP) is 5.47. The second-order valence-electron chi connectivity index (χ2n) is 6.91. The molecule has 0 spiro atoms. The summed E-state index contributed by atoms with van der Waals surface area (Å²) in [6.07, 6.45) is 11.2. The Balaban J connectivity index is 3.06. The molecule has 29 heavy (non-hydrogen) atoms. The number of hydrogen-bond donors (Lipinski definition) is 3. The first-order valence-electron chi connectivity index (χ1n) is 10.2. The molecule has 0 aliphatic carbocycles. The van der Waals surface area contributed by atoms with Crippen LogP contribution in [0, 0.1) is 0 Å². The van der Waals surface area contributed by atoms with Gasteiger partial charge in [0.1, 0.15) is 5.69 Å². The molecule has 0 aliphatic heterocycles. The van der Waals surface area contributed by atoms with E-state index in [0.29, 0.717) is 22.7 Å². The second-order valence-corrected chi connectivity index (χ2v) is 7.32. The highest BCUT2D eigenvalue weighted by Crippen LogP contribution is 2.24. The fourth-order valence-electron chi connectivity index (χ4n) is 2.93. The summed E-state index contributed by atoms with van der Waals surface area (Å²) >= 11 is 6.36. The van der Waals surface area contributed by atoms with Crippen LogP contribution in [0.3, 0.4) is 0 Å². The molecule has 0 unspecified atom stereocenters. The fraction of sp³-hybridized carbons (Fsp3) is 0.500. The number of aromatic amines is 1. The number of allylic oxidation sites excluding steroid dienone is 4. The Morgan fingerprint density at radius 1 is 1.24 bits per heavy atom. The second kappa shape index (κ2) is 13.0. The van der Waals surface area contributed by atoms with Crippen molar-refractivity contribution in [3.8, 4) is 0 Å². The molecule has 7 heteroatoms. The number of hydrogen-bond acceptors (Lipinski definition) is 3. The van der Waals surface area contributed by atoms with Crippen molar-refractivity contribution in [2.75, 3.05) is 5.32 Å². The monoisotopic (exact) mass is 420 g/mol. The number of rotatable bonds is 11. The third kappa shape index (κ3) is 7.54. The largest absolute Gasteiger partial charge is 0.348 e. The SMILES string of the molecule is C\C=C/C=C(Cl)\C(C(=O)Nc1cn[nH]c1C(=O)NC(CCC)CCC)=C(/C)CC. The molecule has 0 atom stereocenters. The highest BCUT2D eigenvalue weighted by atomic mass is 35.5. The summed E-state index contributed by atoms with van der Waals surface area (Å²) in [5.74, 6) is -0.651. The third-order valence-corrected chi connectivity index (χ3v) is 4.90. The van der Waals surface area contributed by atoms with Gasteiger partial charge in [0, 0.05) is 6.04 Å². The molecule has 0 radical (unpaired) electrons. The zero-order chi connectivity index (χ0) is 21.8. The lowest BCUT2D eigenvalue weighted by atomic mass is 10.1. The van der Waals surface area contributed by atoms with E-state index >= 15 is 0 Å². The van der Waals surface area contributed by atoms with Crippen LogP contribution in [0.4, 0.5) is 5.69 Å². The van der Waals surface area contributed by atoms with E-state index in [0.717, 1.165) is 31.3 Å². The number of amides is 2. The van der Waals surface area contributed by atoms with E-state index in [1.807, 2.05) is 26.8 Å². The van der Waals surface area contributed by atoms with Gasteiger partial charge in [-0.15, -0.1) is 0 Å². The molecule has 0 saturated heterocycles. The summed E-state index contributed by atoms with van der Waals surface area (Å²) in [5.41, 5.74) is 1.82. The molecule has 6 nitrogen and oxygen atoms in total. The Morgan fingerprint density at radius 3 is 2.45 bits per heavy atom. The van der Waals surface area contributed by atoms with Crippen LogP contribution < -0.4 is 10.6 Å². The van der Waals surface area contributed by atoms with Crippen LogP contribution in [-0.4, -0.2) is 28.1 Å². The number of halogens is 1. The van der Waals surface area contributed by atoms with Crippen molar-refractivity contribution >= 4 is 29.1 Å². The molecular formula is C22H33ClN4O2. The molecule has 0 aromatic carbocycles. The first-order chi connectivity index (χ1) is 13.9. The fourth-order valence-corrected chi connectivity index (χ4v) is 3.25. The first kappa shape index (κ1) is 24.7. The maximum absolute atomic E-state index is 12.9. The molecule has 160 valence electrons. The molecule has 1 aromatic rings. The van der Waals surface area contributed by atoms with Gasteiger partial charge in [-0.25, -0.2) is 0 Å². The van der Waals surface area contributed by atoms with Crippen LogP contribution in [0.2, 0.25) is 0 Å². The standard InChI is InChI=1S/C22H33ClN4O2/c1-6-10-13-17(23)19(15(5)9-4)21(28)26-18-14-24-27-20(18)22(29)25-16(11-7-2)12-8-3/h6,10,13-14,16H,7-9,11-12H2,1-5H3,(H,24,27)(H,25,29)(H,26,28)/b10-6-,17-13+,19-15-. The van der Waals surface area contributed by atoms with Crippen LogP contribution in [0.5, 0.6) is 0 Å². The smallest absolute Gasteiger partial charge is 0.271 e. The number of nitrogens with zero attached hydrogens (tertiary/aromatic N) is 1. The molecule has 1 rings (SSSR count). The van der Waals surface area contributed by atoms with Gasteiger partial charge in [-0.3, -0.25) is 14.7 Å². The Morgan fingerprint density at radius 2 is 1.90 bits per heavy atom. The minimum Gasteiger partial charge on any atom is -0.348 e. The van der Waals surface area contributed by atoms with Gasteiger partial charge in [-0.1, -0.05) is 62.9 Å². The Bertz CT molecular complexity index is 772. The van der Waals surface area contributed by atoms with Gasteiger partial charge in [0.2, 0.25) is 0 Å². The van der Waals surface area contributed by atoms with Crippen LogP contribution >= 0.6 is 11.6 Å². The van der Waals surface area contributed by atoms with Crippen LogP contribution in [0.15, 0.2) is 40.6 Å². The maximum atomic E-state index is 12.9. The van der Waals surface area contributed by atoms with E-state index in [2.05, 4.69) is 34.7 Å². The van der Waals surface area contributed by atoms with Crippen molar-refractivity contribution in [1.29, 1.82) is 0 Å². The summed E-state index contributed by atoms with van der Waals surface area (Å²) < 4.78 is 0. The van der Waals surface area contributed by atoms with E-state index in [9.17, 15) is 9.59 Å². The summed E-state index contributed by atoms with van der Waals surface area (Å²) in [6.45, 7) is 9.87. The molecule has 0 aliphatic rings. The zero-order valence-electron chi connectivity index (χ0n) is 18.1. The molecule has 0 bridgehead atoms. The predicted molar refractivity (Wildman–Crippen MR) is 120 cm³/mol. The summed E-state index contributed by atoms with van der Waals surface area (Å²) in [7, 11) is 0. The third-order valence-electron chi connectivity index (χ3n) is 4.58. The molecular weight excluding hydrogens is 388 g/mol. The average molecular weight is 421 g/mol. The Kier molecular flexibility index (Phi) is 11.1. The summed E-state index contributed by atoms with van der Waals surface area (Å²) in [4.78, 5) is 25.6. The van der Waals surface area contributed by atoms with Crippen molar-refractivity contribution in [2.45, 2.75) is 72.8 Å². The number of carbonyl (C=O) groups excluding carboxylic acids is 2. The van der Waals surface area contributed by atoms with Crippen LogP contribution in [0.25, 0.3) is 0 Å². The summed E-state index contributed by atoms with van der Waals surface area (Å²) in [6, 6.07) is 0.0975. The molecule has 1 heterocycles. The van der Waals surface area contributed by atoms with Gasteiger partial charge in [-0.05, 0) is 39.2 Å². The highest BCUT2D eigenvalue weighted by Gasteiger charge is 2.22. The van der Waals surface area contributed by atoms with E-state index in [1.165, 1.54) is 6.20 Å². The number of aromatic nitrogens is 2. The van der Waals surface area contributed by atoms with Crippen molar-refractivity contribution < 1.29 is 9.59 Å². The van der Waals surface area contributed by atoms with E-state index in [1.54, 1.807) is 12.2 Å². The molecule has 3 N–H and O–H groups in total. The Hall–Kier alpha value is -2.34.